The number of aliphatic imine (C=N–C) groups is 1. The predicted molar refractivity (Wildman–Crippen MR) is 119 cm³/mol. The van der Waals surface area contributed by atoms with Crippen molar-refractivity contribution < 1.29 is 8.42 Å². The molecule has 2 atom stereocenters. The van der Waals surface area contributed by atoms with Crippen LogP contribution < -0.4 is 5.32 Å². The zero-order valence-electron chi connectivity index (χ0n) is 15.4. The summed E-state index contributed by atoms with van der Waals surface area (Å²) < 4.78 is 23.7. The molecule has 2 unspecified atom stereocenters. The summed E-state index contributed by atoms with van der Waals surface area (Å²) in [7, 11) is -3.05. The van der Waals surface area contributed by atoms with Gasteiger partial charge in [0, 0.05) is 36.6 Å². The fourth-order valence-electron chi connectivity index (χ4n) is 3.34. The number of nitrogens with zero attached hydrogens (tertiary/aromatic N) is 2. The first-order valence-electron chi connectivity index (χ1n) is 8.77. The molecule has 0 aromatic heterocycles. The third-order valence-corrected chi connectivity index (χ3v) is 7.80. The van der Waals surface area contributed by atoms with Crippen LogP contribution in [0.1, 0.15) is 38.7 Å². The summed E-state index contributed by atoms with van der Waals surface area (Å²) in [5.41, 5.74) is 1.24. The Morgan fingerprint density at radius 1 is 1.42 bits per heavy atom. The summed E-state index contributed by atoms with van der Waals surface area (Å²) in [6, 6.07) is 8.31. The number of guanidine groups is 1. The largest absolute Gasteiger partial charge is 0.353 e. The first-order valence-corrected chi connectivity index (χ1v) is 10.8. The van der Waals surface area contributed by atoms with E-state index in [2.05, 4.69) is 21.3 Å². The number of halogens is 2. The lowest BCUT2D eigenvalue weighted by molar-refractivity contribution is 0.352. The molecule has 0 amide bonds. The van der Waals surface area contributed by atoms with Crippen molar-refractivity contribution in [3.05, 3.63) is 34.9 Å². The quantitative estimate of drug-likeness (QED) is 0.384. The topological polar surface area (TPSA) is 61.8 Å². The van der Waals surface area contributed by atoms with Gasteiger partial charge in [-0.15, -0.1) is 24.0 Å². The van der Waals surface area contributed by atoms with E-state index in [9.17, 15) is 8.42 Å². The number of sulfone groups is 1. The molecule has 5 nitrogen and oxygen atoms in total. The average Bonchev–Trinajstić information content (AvgIpc) is 3.29. The minimum absolute atomic E-state index is 0. The van der Waals surface area contributed by atoms with Gasteiger partial charge in [0.25, 0.3) is 0 Å². The zero-order valence-corrected chi connectivity index (χ0v) is 19.3. The van der Waals surface area contributed by atoms with E-state index in [1.165, 1.54) is 5.56 Å². The van der Waals surface area contributed by atoms with E-state index in [0.29, 0.717) is 31.6 Å². The van der Waals surface area contributed by atoms with Gasteiger partial charge in [-0.05, 0) is 44.9 Å². The summed E-state index contributed by atoms with van der Waals surface area (Å²) >= 11 is 6.09. The maximum absolute atomic E-state index is 12.2. The van der Waals surface area contributed by atoms with Gasteiger partial charge in [0.15, 0.2) is 15.8 Å². The van der Waals surface area contributed by atoms with Crippen LogP contribution in [0.25, 0.3) is 0 Å². The van der Waals surface area contributed by atoms with Crippen molar-refractivity contribution in [3.63, 3.8) is 0 Å². The minimum atomic E-state index is -3.05. The van der Waals surface area contributed by atoms with E-state index in [0.717, 1.165) is 17.4 Å². The van der Waals surface area contributed by atoms with Crippen molar-refractivity contribution in [1.29, 1.82) is 0 Å². The van der Waals surface area contributed by atoms with E-state index >= 15 is 0 Å². The second kappa shape index (κ2) is 8.22. The molecule has 8 heteroatoms. The maximum Gasteiger partial charge on any atom is 0.194 e. The van der Waals surface area contributed by atoms with Crippen LogP contribution in [-0.2, 0) is 9.84 Å². The van der Waals surface area contributed by atoms with Crippen LogP contribution in [0.15, 0.2) is 29.3 Å². The number of hydrogen-bond acceptors (Lipinski definition) is 3. The van der Waals surface area contributed by atoms with Gasteiger partial charge in [-0.3, -0.25) is 4.99 Å². The fourth-order valence-corrected chi connectivity index (χ4v) is 4.90. The Labute approximate surface area is 178 Å². The highest BCUT2D eigenvalue weighted by Crippen LogP contribution is 2.41. The Bertz CT molecular complexity index is 782. The Balaban J connectivity index is 0.00000243. The second-order valence-electron chi connectivity index (χ2n) is 7.45. The molecule has 146 valence electrons. The molecular formula is C18H27ClIN3O2S. The van der Waals surface area contributed by atoms with Gasteiger partial charge in [-0.25, -0.2) is 8.42 Å². The molecule has 1 saturated carbocycles. The standard InChI is InChI=1S/C18H26ClN3O2S.HI/c1-4-20-17(22-8-9-25(23,24)18(2,3)12-22)21-16-11-15(16)13-6-5-7-14(19)10-13;/h5-7,10,15-16H,4,8-9,11-12H2,1-3H3,(H,20,21);1H. The molecule has 2 aliphatic rings. The molecule has 0 spiro atoms. The van der Waals surface area contributed by atoms with Crippen LogP contribution in [0, 0.1) is 0 Å². The highest BCUT2D eigenvalue weighted by molar-refractivity contribution is 14.0. The van der Waals surface area contributed by atoms with Crippen molar-refractivity contribution in [2.24, 2.45) is 4.99 Å². The Morgan fingerprint density at radius 2 is 2.15 bits per heavy atom. The van der Waals surface area contributed by atoms with Gasteiger partial charge in [0.1, 0.15) is 0 Å². The van der Waals surface area contributed by atoms with Gasteiger partial charge in [-0.1, -0.05) is 23.7 Å². The molecule has 2 fully saturated rings. The summed E-state index contributed by atoms with van der Waals surface area (Å²) in [6.45, 7) is 7.21. The molecule has 1 N–H and O–H groups in total. The molecule has 1 heterocycles. The molecule has 26 heavy (non-hydrogen) atoms. The Morgan fingerprint density at radius 3 is 2.77 bits per heavy atom. The van der Waals surface area contributed by atoms with Crippen molar-refractivity contribution in [3.8, 4) is 0 Å². The van der Waals surface area contributed by atoms with E-state index in [1.54, 1.807) is 13.8 Å². The van der Waals surface area contributed by atoms with Crippen LogP contribution in [0.2, 0.25) is 5.02 Å². The normalized spacial score (nSPS) is 26.8. The molecule has 0 bridgehead atoms. The molecule has 1 aromatic rings. The molecule has 1 aromatic carbocycles. The van der Waals surface area contributed by atoms with Crippen molar-refractivity contribution in [2.45, 2.75) is 43.9 Å². The fraction of sp³-hybridized carbons (Fsp3) is 0.611. The molecular weight excluding hydrogens is 485 g/mol. The monoisotopic (exact) mass is 511 g/mol. The van der Waals surface area contributed by atoms with Gasteiger partial charge in [0.2, 0.25) is 0 Å². The van der Waals surface area contributed by atoms with E-state index in [-0.39, 0.29) is 29.7 Å². The predicted octanol–water partition coefficient (Wildman–Crippen LogP) is 3.29. The lowest BCUT2D eigenvalue weighted by Crippen LogP contribution is -2.57. The SMILES string of the molecule is CCN=C(NC1CC1c1cccc(Cl)c1)N1CCS(=O)(=O)C(C)(C)C1.I. The van der Waals surface area contributed by atoms with Gasteiger partial charge >= 0.3 is 0 Å². The third-order valence-electron chi connectivity index (χ3n) is 5.03. The number of nitrogens with one attached hydrogen (secondary N) is 1. The van der Waals surface area contributed by atoms with E-state index < -0.39 is 14.6 Å². The highest BCUT2D eigenvalue weighted by Gasteiger charge is 2.43. The van der Waals surface area contributed by atoms with E-state index in [1.807, 2.05) is 25.1 Å². The summed E-state index contributed by atoms with van der Waals surface area (Å²) in [5.74, 6) is 1.43. The molecule has 0 radical (unpaired) electrons. The van der Waals surface area contributed by atoms with Crippen LogP contribution >= 0.6 is 35.6 Å². The zero-order chi connectivity index (χ0) is 18.2. The number of hydrogen-bond donors (Lipinski definition) is 1. The number of rotatable bonds is 3. The van der Waals surface area contributed by atoms with Crippen molar-refractivity contribution >= 4 is 51.4 Å². The van der Waals surface area contributed by atoms with Crippen LogP contribution in [-0.4, -0.2) is 55.5 Å². The second-order valence-corrected chi connectivity index (χ2v) is 10.6. The van der Waals surface area contributed by atoms with E-state index in [4.69, 9.17) is 11.6 Å². The van der Waals surface area contributed by atoms with Gasteiger partial charge in [-0.2, -0.15) is 0 Å². The maximum atomic E-state index is 12.2. The molecule has 1 saturated heterocycles. The average molecular weight is 512 g/mol. The minimum Gasteiger partial charge on any atom is -0.353 e. The molecule has 3 rings (SSSR count). The van der Waals surface area contributed by atoms with Gasteiger partial charge < -0.3 is 10.2 Å². The summed E-state index contributed by atoms with van der Waals surface area (Å²) in [5, 5.41) is 4.29. The first kappa shape index (κ1) is 21.8. The Kier molecular flexibility index (Phi) is 6.88. The molecule has 1 aliphatic heterocycles. The van der Waals surface area contributed by atoms with Crippen LogP contribution in [0.5, 0.6) is 0 Å². The number of benzene rings is 1. The van der Waals surface area contributed by atoms with Crippen LogP contribution in [0.3, 0.4) is 0 Å². The summed E-state index contributed by atoms with van der Waals surface area (Å²) in [4.78, 5) is 6.68. The lowest BCUT2D eigenvalue weighted by Gasteiger charge is -2.39. The Hall–Kier alpha value is -0.540. The van der Waals surface area contributed by atoms with Crippen molar-refractivity contribution in [2.75, 3.05) is 25.4 Å². The smallest absolute Gasteiger partial charge is 0.194 e. The molecule has 1 aliphatic carbocycles. The summed E-state index contributed by atoms with van der Waals surface area (Å²) in [6.07, 6.45) is 1.04. The first-order chi connectivity index (χ1) is 11.7. The lowest BCUT2D eigenvalue weighted by atomic mass is 10.1. The van der Waals surface area contributed by atoms with Crippen LogP contribution in [0.4, 0.5) is 0 Å². The van der Waals surface area contributed by atoms with Gasteiger partial charge in [0.05, 0.1) is 10.5 Å². The third kappa shape index (κ3) is 4.65. The van der Waals surface area contributed by atoms with Crippen molar-refractivity contribution in [1.82, 2.24) is 10.2 Å². The highest BCUT2D eigenvalue weighted by atomic mass is 127.